The van der Waals surface area contributed by atoms with Gasteiger partial charge in [-0.15, -0.1) is 0 Å². The minimum atomic E-state index is 0.492. The van der Waals surface area contributed by atoms with Crippen molar-refractivity contribution in [3.8, 4) is 0 Å². The molecule has 3 rings (SSSR count). The predicted octanol–water partition coefficient (Wildman–Crippen LogP) is 0.973. The first-order valence-electron chi connectivity index (χ1n) is 7.24. The van der Waals surface area contributed by atoms with Gasteiger partial charge in [0, 0.05) is 44.6 Å². The molecule has 2 aliphatic heterocycles. The van der Waals surface area contributed by atoms with Gasteiger partial charge in [-0.25, -0.2) is 9.97 Å². The van der Waals surface area contributed by atoms with Crippen molar-refractivity contribution in [2.45, 2.75) is 31.7 Å². The van der Waals surface area contributed by atoms with Gasteiger partial charge in [0.15, 0.2) is 0 Å². The van der Waals surface area contributed by atoms with Gasteiger partial charge < -0.3 is 15.5 Å². The highest BCUT2D eigenvalue weighted by Gasteiger charge is 2.24. The molecule has 0 bridgehead atoms. The van der Waals surface area contributed by atoms with Crippen LogP contribution in [0.3, 0.4) is 0 Å². The average molecular weight is 261 g/mol. The molecule has 19 heavy (non-hydrogen) atoms. The second kappa shape index (κ2) is 5.43. The topological polar surface area (TPSA) is 53.1 Å². The second-order valence-electron chi connectivity index (χ2n) is 5.63. The molecule has 1 saturated heterocycles. The number of likely N-dealkylation sites (tertiary alicyclic amines) is 1. The zero-order valence-electron chi connectivity index (χ0n) is 11.9. The number of likely N-dealkylation sites (N-methyl/N-ethyl adjacent to an activating group) is 1. The third-order valence-corrected chi connectivity index (χ3v) is 4.18. The molecule has 0 radical (unpaired) electrons. The number of nitrogens with zero attached hydrogens (tertiary/aromatic N) is 3. The zero-order valence-corrected chi connectivity index (χ0v) is 11.9. The van der Waals surface area contributed by atoms with E-state index in [1.54, 1.807) is 0 Å². The summed E-state index contributed by atoms with van der Waals surface area (Å²) in [6.45, 7) is 4.19. The molecule has 5 heteroatoms. The minimum Gasteiger partial charge on any atom is -0.373 e. The quantitative estimate of drug-likeness (QED) is 0.831. The maximum absolute atomic E-state index is 4.86. The van der Waals surface area contributed by atoms with Gasteiger partial charge in [0.25, 0.3) is 0 Å². The molecule has 2 N–H and O–H groups in total. The second-order valence-corrected chi connectivity index (χ2v) is 5.63. The van der Waals surface area contributed by atoms with Crippen molar-refractivity contribution in [3.05, 3.63) is 17.1 Å². The van der Waals surface area contributed by atoms with Gasteiger partial charge in [-0.2, -0.15) is 0 Å². The number of aromatic nitrogens is 2. The summed E-state index contributed by atoms with van der Waals surface area (Å²) in [6.07, 6.45) is 3.48. The third kappa shape index (κ3) is 2.58. The lowest BCUT2D eigenvalue weighted by Gasteiger charge is -2.30. The fourth-order valence-corrected chi connectivity index (χ4v) is 3.13. The Labute approximate surface area is 114 Å². The fourth-order valence-electron chi connectivity index (χ4n) is 3.13. The summed E-state index contributed by atoms with van der Waals surface area (Å²) in [5.41, 5.74) is 2.49. The van der Waals surface area contributed by atoms with Crippen LogP contribution in [-0.2, 0) is 13.0 Å². The van der Waals surface area contributed by atoms with Crippen molar-refractivity contribution in [1.29, 1.82) is 0 Å². The fraction of sp³-hybridized carbons (Fsp3) is 0.714. The Balaban J connectivity index is 1.93. The van der Waals surface area contributed by atoms with Gasteiger partial charge in [0.05, 0.1) is 5.69 Å². The zero-order chi connectivity index (χ0) is 13.2. The number of anilines is 1. The lowest BCUT2D eigenvalue weighted by molar-refractivity contribution is 0.245. The number of hydrogen-bond acceptors (Lipinski definition) is 5. The molecule has 2 aliphatic rings. The molecule has 0 aliphatic carbocycles. The maximum Gasteiger partial charge on any atom is 0.135 e. The summed E-state index contributed by atoms with van der Waals surface area (Å²) in [5, 5.41) is 6.63. The van der Waals surface area contributed by atoms with E-state index >= 15 is 0 Å². The number of nitrogens with one attached hydrogen (secondary N) is 2. The van der Waals surface area contributed by atoms with Crippen molar-refractivity contribution in [2.24, 2.45) is 0 Å². The van der Waals surface area contributed by atoms with E-state index in [-0.39, 0.29) is 0 Å². The van der Waals surface area contributed by atoms with Gasteiger partial charge in [-0.3, -0.25) is 0 Å². The molecule has 1 atom stereocenters. The highest BCUT2D eigenvalue weighted by atomic mass is 15.1. The van der Waals surface area contributed by atoms with Crippen LogP contribution in [0.1, 0.15) is 35.8 Å². The summed E-state index contributed by atoms with van der Waals surface area (Å²) in [5.74, 6) is 2.54. The van der Waals surface area contributed by atoms with E-state index < -0.39 is 0 Å². The molecule has 1 unspecified atom stereocenters. The van der Waals surface area contributed by atoms with Crippen LogP contribution in [0.2, 0.25) is 0 Å². The molecule has 0 spiro atoms. The van der Waals surface area contributed by atoms with Crippen molar-refractivity contribution < 1.29 is 0 Å². The molecule has 3 heterocycles. The van der Waals surface area contributed by atoms with E-state index in [0.717, 1.165) is 37.7 Å². The Bertz CT molecular complexity index is 442. The molecule has 1 aromatic rings. The molecule has 0 saturated carbocycles. The van der Waals surface area contributed by atoms with E-state index in [4.69, 9.17) is 9.97 Å². The monoisotopic (exact) mass is 261 g/mol. The first-order chi connectivity index (χ1) is 9.28. The highest BCUT2D eigenvalue weighted by molar-refractivity contribution is 5.47. The lowest BCUT2D eigenvalue weighted by atomic mass is 9.97. The van der Waals surface area contributed by atoms with E-state index in [9.17, 15) is 0 Å². The molecule has 104 valence electrons. The number of rotatable bonds is 2. The molecular weight excluding hydrogens is 238 g/mol. The molecule has 5 nitrogen and oxygen atoms in total. The van der Waals surface area contributed by atoms with Crippen LogP contribution in [0.4, 0.5) is 5.82 Å². The van der Waals surface area contributed by atoms with E-state index in [1.807, 2.05) is 7.05 Å². The van der Waals surface area contributed by atoms with Crippen molar-refractivity contribution in [1.82, 2.24) is 20.2 Å². The van der Waals surface area contributed by atoms with Crippen molar-refractivity contribution >= 4 is 5.82 Å². The van der Waals surface area contributed by atoms with Crippen molar-refractivity contribution in [2.75, 3.05) is 39.0 Å². The molecule has 1 fully saturated rings. The summed E-state index contributed by atoms with van der Waals surface area (Å²) in [7, 11) is 4.14. The molecule has 0 aromatic carbocycles. The smallest absolute Gasteiger partial charge is 0.135 e. The Morgan fingerprint density at radius 2 is 2.26 bits per heavy atom. The normalized spacial score (nSPS) is 24.0. The van der Waals surface area contributed by atoms with Crippen LogP contribution in [0.5, 0.6) is 0 Å². The van der Waals surface area contributed by atoms with Crippen LogP contribution >= 0.6 is 0 Å². The predicted molar refractivity (Wildman–Crippen MR) is 76.5 cm³/mol. The van der Waals surface area contributed by atoms with E-state index in [2.05, 4.69) is 22.6 Å². The Kier molecular flexibility index (Phi) is 3.66. The number of fused-ring (bicyclic) bond motifs is 1. The Morgan fingerprint density at radius 3 is 3.05 bits per heavy atom. The molecular formula is C14H23N5. The van der Waals surface area contributed by atoms with Gasteiger partial charge >= 0.3 is 0 Å². The molecule has 1 aromatic heterocycles. The van der Waals surface area contributed by atoms with Crippen LogP contribution < -0.4 is 10.6 Å². The highest BCUT2D eigenvalue weighted by Crippen LogP contribution is 2.27. The largest absolute Gasteiger partial charge is 0.373 e. The van der Waals surface area contributed by atoms with Crippen LogP contribution in [-0.4, -0.2) is 48.6 Å². The van der Waals surface area contributed by atoms with E-state index in [1.165, 1.54) is 30.6 Å². The van der Waals surface area contributed by atoms with Crippen molar-refractivity contribution in [3.63, 3.8) is 0 Å². The van der Waals surface area contributed by atoms with Gasteiger partial charge in [-0.05, 0) is 26.4 Å². The van der Waals surface area contributed by atoms with E-state index in [0.29, 0.717) is 5.92 Å². The third-order valence-electron chi connectivity index (χ3n) is 4.18. The SMILES string of the molecule is CNc1nc(C2CCCN(C)C2)nc2c1CNCC2. The number of hydrogen-bond donors (Lipinski definition) is 2. The van der Waals surface area contributed by atoms with Gasteiger partial charge in [0.1, 0.15) is 11.6 Å². The van der Waals surface area contributed by atoms with Gasteiger partial charge in [-0.1, -0.05) is 0 Å². The standard InChI is InChI=1S/C14H23N5/c1-15-14-11-8-16-6-5-12(11)17-13(18-14)10-4-3-7-19(2)9-10/h10,16H,3-9H2,1-2H3,(H,15,17,18). The summed E-state index contributed by atoms with van der Waals surface area (Å²) < 4.78 is 0. The molecule has 0 amide bonds. The van der Waals surface area contributed by atoms with Gasteiger partial charge in [0.2, 0.25) is 0 Å². The number of piperidine rings is 1. The van der Waals surface area contributed by atoms with Crippen LogP contribution in [0.15, 0.2) is 0 Å². The summed E-state index contributed by atoms with van der Waals surface area (Å²) in [4.78, 5) is 12.0. The van der Waals surface area contributed by atoms with Crippen LogP contribution in [0.25, 0.3) is 0 Å². The van der Waals surface area contributed by atoms with Crippen LogP contribution in [0, 0.1) is 0 Å². The Morgan fingerprint density at radius 1 is 1.37 bits per heavy atom. The lowest BCUT2D eigenvalue weighted by Crippen LogP contribution is -2.33. The summed E-state index contributed by atoms with van der Waals surface area (Å²) in [6, 6.07) is 0. The first kappa shape index (κ1) is 12.8. The maximum atomic E-state index is 4.86. The Hall–Kier alpha value is -1.20. The summed E-state index contributed by atoms with van der Waals surface area (Å²) >= 11 is 0. The minimum absolute atomic E-state index is 0.492. The average Bonchev–Trinajstić information content (AvgIpc) is 2.46. The first-order valence-corrected chi connectivity index (χ1v) is 7.24.